The Bertz CT molecular complexity index is 1060. The molecular formula is C33H44N2O3. The molecule has 5 heteroatoms. The van der Waals surface area contributed by atoms with E-state index in [1.165, 1.54) is 56.0 Å². The molecule has 0 aliphatic carbocycles. The number of aryl methyl sites for hydroxylation is 1. The quantitative estimate of drug-likeness (QED) is 0.269. The number of phenolic OH excluding ortho intramolecular Hbond substituents is 1. The van der Waals surface area contributed by atoms with Crippen LogP contribution in [0.1, 0.15) is 56.0 Å². The van der Waals surface area contributed by atoms with Crippen LogP contribution < -0.4 is 5.32 Å². The number of allylic oxidation sites excluding steroid dienone is 4. The predicted molar refractivity (Wildman–Crippen MR) is 157 cm³/mol. The minimum absolute atomic E-state index is 0.0275. The predicted octanol–water partition coefficient (Wildman–Crippen LogP) is 6.37. The second kappa shape index (κ2) is 17.1. The average molecular weight is 517 g/mol. The van der Waals surface area contributed by atoms with Gasteiger partial charge in [-0.2, -0.15) is 0 Å². The number of likely N-dealkylation sites (tertiary alicyclic amines) is 1. The molecule has 0 saturated carbocycles. The number of rotatable bonds is 11. The number of carbonyl (C=O) groups excluding carboxylic acids is 2. The molecule has 5 nitrogen and oxygen atoms in total. The zero-order valence-electron chi connectivity index (χ0n) is 23.2. The van der Waals surface area contributed by atoms with Crippen molar-refractivity contribution in [3.05, 3.63) is 102 Å². The Hall–Kier alpha value is -3.44. The van der Waals surface area contributed by atoms with Crippen LogP contribution in [-0.2, 0) is 11.2 Å². The number of benzene rings is 2. The SMILES string of the molecule is C=C/C=C\C(=C/CNC(=O)C(C)C)C1CCN(CCCc2ccccc2)CC1.CC(=O)c1cccc(O)c1. The van der Waals surface area contributed by atoms with Crippen LogP contribution in [0.15, 0.2) is 91.1 Å². The van der Waals surface area contributed by atoms with Crippen molar-refractivity contribution in [1.82, 2.24) is 10.2 Å². The van der Waals surface area contributed by atoms with E-state index in [1.54, 1.807) is 12.1 Å². The summed E-state index contributed by atoms with van der Waals surface area (Å²) >= 11 is 0. The van der Waals surface area contributed by atoms with E-state index >= 15 is 0 Å². The molecule has 1 fully saturated rings. The van der Waals surface area contributed by atoms with Gasteiger partial charge in [0.1, 0.15) is 5.75 Å². The van der Waals surface area contributed by atoms with E-state index in [9.17, 15) is 9.59 Å². The maximum atomic E-state index is 11.8. The van der Waals surface area contributed by atoms with Crippen LogP contribution in [0.3, 0.4) is 0 Å². The summed E-state index contributed by atoms with van der Waals surface area (Å²) in [5, 5.41) is 11.9. The van der Waals surface area contributed by atoms with Crippen LogP contribution in [0.25, 0.3) is 0 Å². The number of aromatic hydroxyl groups is 1. The highest BCUT2D eigenvalue weighted by molar-refractivity contribution is 5.94. The highest BCUT2D eigenvalue weighted by atomic mass is 16.3. The Labute approximate surface area is 229 Å². The number of Topliss-reactive ketones (excluding diaryl/α,β-unsaturated/α-hetero) is 1. The smallest absolute Gasteiger partial charge is 0.222 e. The van der Waals surface area contributed by atoms with Crippen molar-refractivity contribution in [2.45, 2.75) is 46.5 Å². The highest BCUT2D eigenvalue weighted by Crippen LogP contribution is 2.26. The molecule has 1 heterocycles. The molecule has 0 bridgehead atoms. The zero-order valence-corrected chi connectivity index (χ0v) is 23.2. The molecule has 2 aromatic carbocycles. The highest BCUT2D eigenvalue weighted by Gasteiger charge is 2.20. The lowest BCUT2D eigenvalue weighted by atomic mass is 9.88. The van der Waals surface area contributed by atoms with Crippen molar-refractivity contribution >= 4 is 11.7 Å². The van der Waals surface area contributed by atoms with E-state index in [0.717, 1.165) is 19.5 Å². The third-order valence-electron chi connectivity index (χ3n) is 6.66. The molecule has 2 N–H and O–H groups in total. The molecule has 204 valence electrons. The molecule has 0 atom stereocenters. The minimum atomic E-state index is -0.0316. The minimum Gasteiger partial charge on any atom is -0.508 e. The van der Waals surface area contributed by atoms with Crippen LogP contribution in [0.4, 0.5) is 0 Å². The van der Waals surface area contributed by atoms with Crippen molar-refractivity contribution in [3.63, 3.8) is 0 Å². The summed E-state index contributed by atoms with van der Waals surface area (Å²) in [5.41, 5.74) is 3.30. The fourth-order valence-corrected chi connectivity index (χ4v) is 4.39. The Balaban J connectivity index is 0.000000423. The van der Waals surface area contributed by atoms with Gasteiger partial charge in [0, 0.05) is 18.0 Å². The van der Waals surface area contributed by atoms with Crippen LogP contribution in [0.5, 0.6) is 5.75 Å². The summed E-state index contributed by atoms with van der Waals surface area (Å²) in [6.07, 6.45) is 12.9. The summed E-state index contributed by atoms with van der Waals surface area (Å²) < 4.78 is 0. The van der Waals surface area contributed by atoms with Gasteiger partial charge in [-0.25, -0.2) is 0 Å². The van der Waals surface area contributed by atoms with Crippen molar-refractivity contribution in [2.24, 2.45) is 11.8 Å². The molecule has 0 unspecified atom stereocenters. The van der Waals surface area contributed by atoms with Crippen LogP contribution in [-0.4, -0.2) is 47.9 Å². The van der Waals surface area contributed by atoms with Crippen molar-refractivity contribution < 1.29 is 14.7 Å². The van der Waals surface area contributed by atoms with E-state index in [4.69, 9.17) is 5.11 Å². The number of nitrogens with one attached hydrogen (secondary N) is 1. The van der Waals surface area contributed by atoms with Gasteiger partial charge in [0.2, 0.25) is 5.91 Å². The van der Waals surface area contributed by atoms with E-state index in [1.807, 2.05) is 26.0 Å². The summed E-state index contributed by atoms with van der Waals surface area (Å²) in [4.78, 5) is 25.1. The first-order valence-corrected chi connectivity index (χ1v) is 13.6. The Morgan fingerprint density at radius 3 is 2.39 bits per heavy atom. The molecule has 0 radical (unpaired) electrons. The number of nitrogens with zero attached hydrogens (tertiary/aromatic N) is 1. The Morgan fingerprint density at radius 2 is 1.82 bits per heavy atom. The van der Waals surface area contributed by atoms with Crippen molar-refractivity contribution in [3.8, 4) is 5.75 Å². The molecular weight excluding hydrogens is 472 g/mol. The largest absolute Gasteiger partial charge is 0.508 e. The molecule has 1 amide bonds. The maximum absolute atomic E-state index is 11.8. The maximum Gasteiger partial charge on any atom is 0.222 e. The molecule has 1 saturated heterocycles. The van der Waals surface area contributed by atoms with Crippen molar-refractivity contribution in [1.29, 1.82) is 0 Å². The average Bonchev–Trinajstić information content (AvgIpc) is 2.92. The van der Waals surface area contributed by atoms with E-state index in [0.29, 0.717) is 18.0 Å². The van der Waals surface area contributed by atoms with Crippen LogP contribution in [0, 0.1) is 11.8 Å². The van der Waals surface area contributed by atoms with Gasteiger partial charge in [0.15, 0.2) is 5.78 Å². The van der Waals surface area contributed by atoms with Gasteiger partial charge in [0.25, 0.3) is 0 Å². The fraction of sp³-hybridized carbons (Fsp3) is 0.394. The fourth-order valence-electron chi connectivity index (χ4n) is 4.39. The molecule has 1 aliphatic heterocycles. The molecule has 0 spiro atoms. The third kappa shape index (κ3) is 11.7. The third-order valence-corrected chi connectivity index (χ3v) is 6.66. The van der Waals surface area contributed by atoms with Gasteiger partial charge in [-0.1, -0.05) is 87.2 Å². The van der Waals surface area contributed by atoms with E-state index in [-0.39, 0.29) is 23.4 Å². The van der Waals surface area contributed by atoms with Crippen LogP contribution >= 0.6 is 0 Å². The van der Waals surface area contributed by atoms with E-state index in [2.05, 4.69) is 59.3 Å². The van der Waals surface area contributed by atoms with Crippen LogP contribution in [0.2, 0.25) is 0 Å². The van der Waals surface area contributed by atoms with Gasteiger partial charge in [0.05, 0.1) is 0 Å². The molecule has 1 aliphatic rings. The molecule has 38 heavy (non-hydrogen) atoms. The number of phenols is 1. The standard InChI is InChI=1S/C25H36N2O.C8H8O2/c1-4-5-13-23(14-17-26-25(28)21(2)3)24-15-19-27(20-16-24)18-9-12-22-10-7-6-8-11-22;1-6(9)7-3-2-4-8(10)5-7/h4-8,10-11,13-14,21,24H,1,9,12,15-20H2,2-3H3,(H,26,28);2-5,10H,1H3/b13-5-,23-14+;. The normalized spacial score (nSPS) is 14.7. The van der Waals surface area contributed by atoms with Gasteiger partial charge in [-0.15, -0.1) is 0 Å². The van der Waals surface area contributed by atoms with Gasteiger partial charge < -0.3 is 15.3 Å². The zero-order chi connectivity index (χ0) is 27.8. The first-order valence-electron chi connectivity index (χ1n) is 13.6. The van der Waals surface area contributed by atoms with Gasteiger partial charge in [-0.05, 0) is 81.4 Å². The Kier molecular flexibility index (Phi) is 13.9. The lowest BCUT2D eigenvalue weighted by Crippen LogP contribution is -2.35. The molecule has 3 rings (SSSR count). The summed E-state index contributed by atoms with van der Waals surface area (Å²) in [7, 11) is 0. The first-order chi connectivity index (χ1) is 18.3. The van der Waals surface area contributed by atoms with E-state index < -0.39 is 0 Å². The molecule has 2 aromatic rings. The number of hydrogen-bond acceptors (Lipinski definition) is 4. The Morgan fingerprint density at radius 1 is 1.11 bits per heavy atom. The molecule has 0 aromatic heterocycles. The summed E-state index contributed by atoms with van der Waals surface area (Å²) in [6.45, 7) is 13.2. The summed E-state index contributed by atoms with van der Waals surface area (Å²) in [5.74, 6) is 0.803. The monoisotopic (exact) mass is 516 g/mol. The second-order valence-electron chi connectivity index (χ2n) is 10.0. The first kappa shape index (κ1) is 30.8. The lowest BCUT2D eigenvalue weighted by molar-refractivity contribution is -0.123. The van der Waals surface area contributed by atoms with Crippen molar-refractivity contribution in [2.75, 3.05) is 26.2 Å². The number of amides is 1. The lowest BCUT2D eigenvalue weighted by Gasteiger charge is -2.32. The topological polar surface area (TPSA) is 69.6 Å². The second-order valence-corrected chi connectivity index (χ2v) is 10.0. The van der Waals surface area contributed by atoms with Gasteiger partial charge in [-0.3, -0.25) is 9.59 Å². The number of ketones is 1. The van der Waals surface area contributed by atoms with Gasteiger partial charge >= 0.3 is 0 Å². The summed E-state index contributed by atoms with van der Waals surface area (Å²) in [6, 6.07) is 17.0. The number of carbonyl (C=O) groups is 2. The number of hydrogen-bond donors (Lipinski definition) is 2. The number of piperidine rings is 1.